The standard InChI is InChI=1S/C20H24N2O5S/c1-26-17-9-6-10-18(27-2)19(17)20(23)21-15-11-13-22(14-12-15)28(24,25)16-7-4-3-5-8-16/h3-10,15H,11-14H2,1-2H3,(H,21,23). The number of ether oxygens (including phenoxy) is 2. The maximum absolute atomic E-state index is 12.8. The lowest BCUT2D eigenvalue weighted by atomic mass is 10.1. The molecule has 2 aromatic carbocycles. The molecule has 1 N–H and O–H groups in total. The summed E-state index contributed by atoms with van der Waals surface area (Å²) in [5.41, 5.74) is 0.340. The number of carbonyl (C=O) groups is 1. The van der Waals surface area contributed by atoms with Crippen LogP contribution in [-0.4, -0.2) is 52.0 Å². The molecule has 3 rings (SSSR count). The Morgan fingerprint density at radius 1 is 0.964 bits per heavy atom. The number of methoxy groups -OCH3 is 2. The third-order valence-corrected chi connectivity index (χ3v) is 6.74. The highest BCUT2D eigenvalue weighted by atomic mass is 32.2. The van der Waals surface area contributed by atoms with Gasteiger partial charge in [-0.05, 0) is 37.1 Å². The molecule has 0 saturated carbocycles. The molecule has 0 bridgehead atoms. The van der Waals surface area contributed by atoms with E-state index in [2.05, 4.69) is 5.32 Å². The normalized spacial score (nSPS) is 15.8. The van der Waals surface area contributed by atoms with Gasteiger partial charge in [0.15, 0.2) is 0 Å². The van der Waals surface area contributed by atoms with E-state index in [1.54, 1.807) is 48.5 Å². The molecule has 1 aliphatic rings. The van der Waals surface area contributed by atoms with E-state index in [1.807, 2.05) is 0 Å². The van der Waals surface area contributed by atoms with E-state index in [0.29, 0.717) is 43.0 Å². The summed E-state index contributed by atoms with van der Waals surface area (Å²) in [6.45, 7) is 0.705. The van der Waals surface area contributed by atoms with Crippen LogP contribution in [0.15, 0.2) is 53.4 Å². The second-order valence-electron chi connectivity index (χ2n) is 6.50. The number of nitrogens with one attached hydrogen (secondary N) is 1. The highest BCUT2D eigenvalue weighted by Crippen LogP contribution is 2.28. The molecule has 150 valence electrons. The van der Waals surface area contributed by atoms with Crippen molar-refractivity contribution in [2.75, 3.05) is 27.3 Å². The zero-order valence-electron chi connectivity index (χ0n) is 15.9. The zero-order chi connectivity index (χ0) is 20.1. The molecule has 0 unspecified atom stereocenters. The van der Waals surface area contributed by atoms with Crippen LogP contribution in [0.1, 0.15) is 23.2 Å². The largest absolute Gasteiger partial charge is 0.496 e. The topological polar surface area (TPSA) is 84.9 Å². The number of nitrogens with zero attached hydrogens (tertiary/aromatic N) is 1. The third-order valence-electron chi connectivity index (χ3n) is 4.83. The van der Waals surface area contributed by atoms with Gasteiger partial charge in [-0.15, -0.1) is 0 Å². The molecular formula is C20H24N2O5S. The van der Waals surface area contributed by atoms with E-state index < -0.39 is 10.0 Å². The van der Waals surface area contributed by atoms with E-state index >= 15 is 0 Å². The number of hydrogen-bond donors (Lipinski definition) is 1. The van der Waals surface area contributed by atoms with Crippen LogP contribution in [-0.2, 0) is 10.0 Å². The summed E-state index contributed by atoms with van der Waals surface area (Å²) in [5, 5.41) is 2.98. The monoisotopic (exact) mass is 404 g/mol. The number of carbonyl (C=O) groups excluding carboxylic acids is 1. The van der Waals surface area contributed by atoms with E-state index in [-0.39, 0.29) is 16.8 Å². The Morgan fingerprint density at radius 3 is 2.07 bits per heavy atom. The molecule has 1 heterocycles. The summed E-state index contributed by atoms with van der Waals surface area (Å²) < 4.78 is 37.4. The van der Waals surface area contributed by atoms with Gasteiger partial charge in [0.2, 0.25) is 10.0 Å². The summed E-state index contributed by atoms with van der Waals surface area (Å²) in [4.78, 5) is 13.1. The number of hydrogen-bond acceptors (Lipinski definition) is 5. The molecule has 1 aliphatic heterocycles. The van der Waals surface area contributed by atoms with Crippen LogP contribution in [0.4, 0.5) is 0 Å². The smallest absolute Gasteiger partial charge is 0.259 e. The average molecular weight is 404 g/mol. The number of piperidine rings is 1. The fourth-order valence-corrected chi connectivity index (χ4v) is 4.81. The Kier molecular flexibility index (Phi) is 6.21. The van der Waals surface area contributed by atoms with Crippen molar-refractivity contribution in [3.63, 3.8) is 0 Å². The quantitative estimate of drug-likeness (QED) is 0.799. The molecular weight excluding hydrogens is 380 g/mol. The van der Waals surface area contributed by atoms with Crippen LogP contribution in [0, 0.1) is 0 Å². The van der Waals surface area contributed by atoms with Gasteiger partial charge >= 0.3 is 0 Å². The number of sulfonamides is 1. The second-order valence-corrected chi connectivity index (χ2v) is 8.44. The molecule has 0 aliphatic carbocycles. The Morgan fingerprint density at radius 2 is 1.54 bits per heavy atom. The first-order valence-corrected chi connectivity index (χ1v) is 10.5. The van der Waals surface area contributed by atoms with Crippen molar-refractivity contribution in [1.82, 2.24) is 9.62 Å². The van der Waals surface area contributed by atoms with Crippen molar-refractivity contribution in [3.05, 3.63) is 54.1 Å². The van der Waals surface area contributed by atoms with Gasteiger partial charge in [0, 0.05) is 19.1 Å². The molecule has 7 nitrogen and oxygen atoms in total. The van der Waals surface area contributed by atoms with Crippen LogP contribution < -0.4 is 14.8 Å². The molecule has 0 atom stereocenters. The van der Waals surface area contributed by atoms with Crippen LogP contribution in [0.2, 0.25) is 0 Å². The number of amides is 1. The second kappa shape index (κ2) is 8.62. The van der Waals surface area contributed by atoms with Crippen LogP contribution in [0.25, 0.3) is 0 Å². The Hall–Kier alpha value is -2.58. The van der Waals surface area contributed by atoms with Gasteiger partial charge < -0.3 is 14.8 Å². The van der Waals surface area contributed by atoms with Crippen molar-refractivity contribution in [2.24, 2.45) is 0 Å². The Labute approximate surface area is 165 Å². The predicted molar refractivity (Wildman–Crippen MR) is 105 cm³/mol. The van der Waals surface area contributed by atoms with E-state index in [9.17, 15) is 13.2 Å². The summed E-state index contributed by atoms with van der Waals surface area (Å²) in [5.74, 6) is 0.570. The minimum Gasteiger partial charge on any atom is -0.496 e. The van der Waals surface area contributed by atoms with Gasteiger partial charge in [-0.1, -0.05) is 24.3 Å². The summed E-state index contributed by atoms with van der Waals surface area (Å²) in [6, 6.07) is 13.4. The third kappa shape index (κ3) is 4.13. The molecule has 1 saturated heterocycles. The molecule has 0 radical (unpaired) electrons. The molecule has 1 amide bonds. The SMILES string of the molecule is COc1cccc(OC)c1C(=O)NC1CCN(S(=O)(=O)c2ccccc2)CC1. The van der Waals surface area contributed by atoms with Crippen LogP contribution >= 0.6 is 0 Å². The molecule has 8 heteroatoms. The molecule has 0 spiro atoms. The van der Waals surface area contributed by atoms with Gasteiger partial charge in [0.1, 0.15) is 17.1 Å². The summed E-state index contributed by atoms with van der Waals surface area (Å²) in [6.07, 6.45) is 1.07. The molecule has 1 fully saturated rings. The van der Waals surface area contributed by atoms with Crippen molar-refractivity contribution in [1.29, 1.82) is 0 Å². The summed E-state index contributed by atoms with van der Waals surface area (Å²) in [7, 11) is -0.510. The highest BCUT2D eigenvalue weighted by molar-refractivity contribution is 7.89. The first-order chi connectivity index (χ1) is 13.5. The fraction of sp³-hybridized carbons (Fsp3) is 0.350. The molecule has 0 aromatic heterocycles. The molecule has 2 aromatic rings. The van der Waals surface area contributed by atoms with Crippen molar-refractivity contribution in [3.8, 4) is 11.5 Å². The van der Waals surface area contributed by atoms with Crippen molar-refractivity contribution in [2.45, 2.75) is 23.8 Å². The van der Waals surface area contributed by atoms with E-state index in [0.717, 1.165) is 0 Å². The van der Waals surface area contributed by atoms with Crippen LogP contribution in [0.5, 0.6) is 11.5 Å². The number of benzene rings is 2. The summed E-state index contributed by atoms with van der Waals surface area (Å²) >= 11 is 0. The maximum Gasteiger partial charge on any atom is 0.259 e. The van der Waals surface area contributed by atoms with Crippen molar-refractivity contribution >= 4 is 15.9 Å². The lowest BCUT2D eigenvalue weighted by Crippen LogP contribution is -2.46. The fourth-order valence-electron chi connectivity index (χ4n) is 3.31. The van der Waals surface area contributed by atoms with Gasteiger partial charge in [0.05, 0.1) is 19.1 Å². The Balaban J connectivity index is 1.66. The molecule has 28 heavy (non-hydrogen) atoms. The minimum atomic E-state index is -3.51. The van der Waals surface area contributed by atoms with Gasteiger partial charge in [-0.3, -0.25) is 4.79 Å². The van der Waals surface area contributed by atoms with Crippen molar-refractivity contribution < 1.29 is 22.7 Å². The first-order valence-electron chi connectivity index (χ1n) is 9.04. The lowest BCUT2D eigenvalue weighted by molar-refractivity contribution is 0.0917. The highest BCUT2D eigenvalue weighted by Gasteiger charge is 2.30. The van der Waals surface area contributed by atoms with Gasteiger partial charge in [-0.2, -0.15) is 4.31 Å². The lowest BCUT2D eigenvalue weighted by Gasteiger charge is -2.31. The predicted octanol–water partition coefficient (Wildman–Crippen LogP) is 2.29. The zero-order valence-corrected chi connectivity index (χ0v) is 16.7. The van der Waals surface area contributed by atoms with Gasteiger partial charge in [-0.25, -0.2) is 8.42 Å². The van der Waals surface area contributed by atoms with Gasteiger partial charge in [0.25, 0.3) is 5.91 Å². The first kappa shape index (κ1) is 20.2. The van der Waals surface area contributed by atoms with Crippen LogP contribution in [0.3, 0.4) is 0 Å². The Bertz CT molecular complexity index is 901. The minimum absolute atomic E-state index is 0.121. The maximum atomic E-state index is 12.8. The average Bonchev–Trinajstić information content (AvgIpc) is 2.74. The number of rotatable bonds is 6. The van der Waals surface area contributed by atoms with E-state index in [1.165, 1.54) is 18.5 Å². The van der Waals surface area contributed by atoms with E-state index in [4.69, 9.17) is 9.47 Å².